The molecule has 0 saturated carbocycles. The molecule has 1 N–H and O–H groups in total. The summed E-state index contributed by atoms with van der Waals surface area (Å²) in [6.07, 6.45) is 0. The number of hydrogen-bond donors (Lipinski definition) is 1. The summed E-state index contributed by atoms with van der Waals surface area (Å²) in [5, 5.41) is 2.93. The summed E-state index contributed by atoms with van der Waals surface area (Å²) in [4.78, 5) is 12.4. The van der Waals surface area contributed by atoms with Crippen molar-refractivity contribution in [3.05, 3.63) is 83.2 Å². The highest BCUT2D eigenvalue weighted by atomic mass is 16.5. The van der Waals surface area contributed by atoms with Crippen molar-refractivity contribution in [3.8, 4) is 5.69 Å². The quantitative estimate of drug-likeness (QED) is 0.747. The second-order valence-corrected chi connectivity index (χ2v) is 6.08. The predicted molar refractivity (Wildman–Crippen MR) is 100 cm³/mol. The predicted octanol–water partition coefficient (Wildman–Crippen LogP) is 4.49. The molecule has 0 unspecified atom stereocenters. The third kappa shape index (κ3) is 3.80. The molecular weight excluding hydrogens is 312 g/mol. The average molecular weight is 334 g/mol. The Morgan fingerprint density at radius 1 is 0.920 bits per heavy atom. The van der Waals surface area contributed by atoms with Gasteiger partial charge in [-0.2, -0.15) is 0 Å². The zero-order valence-corrected chi connectivity index (χ0v) is 14.7. The second kappa shape index (κ2) is 7.36. The number of benzene rings is 2. The van der Waals surface area contributed by atoms with E-state index in [0.717, 1.165) is 16.9 Å². The van der Waals surface area contributed by atoms with E-state index >= 15 is 0 Å². The van der Waals surface area contributed by atoms with Crippen LogP contribution in [0, 0.1) is 13.8 Å². The van der Waals surface area contributed by atoms with Crippen LogP contribution in [-0.4, -0.2) is 17.6 Å². The maximum Gasteiger partial charge on any atom is 0.255 e. The number of carbonyl (C=O) groups excluding carboxylic acids is 1. The van der Waals surface area contributed by atoms with E-state index in [-0.39, 0.29) is 5.91 Å². The van der Waals surface area contributed by atoms with Crippen molar-refractivity contribution in [1.29, 1.82) is 0 Å². The summed E-state index contributed by atoms with van der Waals surface area (Å²) < 4.78 is 7.26. The first-order chi connectivity index (χ1) is 12.1. The Kier molecular flexibility index (Phi) is 5.00. The van der Waals surface area contributed by atoms with Gasteiger partial charge in [-0.05, 0) is 67.9 Å². The Hall–Kier alpha value is -2.85. The lowest BCUT2D eigenvalue weighted by Gasteiger charge is -2.11. The number of aryl methyl sites for hydroxylation is 2. The summed E-state index contributed by atoms with van der Waals surface area (Å²) in [5.41, 5.74) is 5.90. The van der Waals surface area contributed by atoms with Gasteiger partial charge in [0.15, 0.2) is 0 Å². The first-order valence-electron chi connectivity index (χ1n) is 8.23. The van der Waals surface area contributed by atoms with Gasteiger partial charge in [0.25, 0.3) is 5.91 Å². The highest BCUT2D eigenvalue weighted by Gasteiger charge is 2.07. The third-order valence-corrected chi connectivity index (χ3v) is 4.18. The molecule has 1 heterocycles. The van der Waals surface area contributed by atoms with Crippen molar-refractivity contribution in [3.63, 3.8) is 0 Å². The van der Waals surface area contributed by atoms with E-state index in [9.17, 15) is 4.79 Å². The molecular formula is C21H22N2O2. The van der Waals surface area contributed by atoms with Crippen LogP contribution in [0.5, 0.6) is 0 Å². The number of hydrogen-bond acceptors (Lipinski definition) is 2. The molecule has 0 aliphatic heterocycles. The van der Waals surface area contributed by atoms with Crippen molar-refractivity contribution in [2.75, 3.05) is 12.4 Å². The van der Waals surface area contributed by atoms with E-state index < -0.39 is 0 Å². The summed E-state index contributed by atoms with van der Waals surface area (Å²) in [7, 11) is 1.65. The molecule has 1 aromatic heterocycles. The molecule has 0 spiro atoms. The molecule has 128 valence electrons. The van der Waals surface area contributed by atoms with Crippen LogP contribution in [0.25, 0.3) is 5.69 Å². The minimum atomic E-state index is -0.120. The fourth-order valence-corrected chi connectivity index (χ4v) is 2.89. The van der Waals surface area contributed by atoms with Gasteiger partial charge in [0, 0.05) is 35.4 Å². The molecule has 4 nitrogen and oxygen atoms in total. The van der Waals surface area contributed by atoms with Crippen molar-refractivity contribution < 1.29 is 9.53 Å². The summed E-state index contributed by atoms with van der Waals surface area (Å²) in [6.45, 7) is 4.70. The van der Waals surface area contributed by atoms with Crippen LogP contribution in [0.4, 0.5) is 5.69 Å². The van der Waals surface area contributed by atoms with Gasteiger partial charge in [0.05, 0.1) is 6.61 Å². The standard InChI is InChI=1S/C21H22N2O2/c1-15-4-5-16(2)23(15)20-12-10-19(11-13-20)22-21(24)18-8-6-17(7-9-18)14-25-3/h4-13H,14H2,1-3H3,(H,22,24). The van der Waals surface area contributed by atoms with Crippen LogP contribution in [-0.2, 0) is 11.3 Å². The van der Waals surface area contributed by atoms with Crippen LogP contribution in [0.1, 0.15) is 27.3 Å². The highest BCUT2D eigenvalue weighted by Crippen LogP contribution is 2.19. The number of nitrogens with zero attached hydrogens (tertiary/aromatic N) is 1. The third-order valence-electron chi connectivity index (χ3n) is 4.18. The van der Waals surface area contributed by atoms with Crippen LogP contribution in [0.2, 0.25) is 0 Å². The van der Waals surface area contributed by atoms with Crippen molar-refractivity contribution in [2.45, 2.75) is 20.5 Å². The average Bonchev–Trinajstić information content (AvgIpc) is 2.95. The SMILES string of the molecule is COCc1ccc(C(=O)Nc2ccc(-n3c(C)ccc3C)cc2)cc1. The topological polar surface area (TPSA) is 43.3 Å². The monoisotopic (exact) mass is 334 g/mol. The van der Waals surface area contributed by atoms with Gasteiger partial charge in [-0.25, -0.2) is 0 Å². The minimum Gasteiger partial charge on any atom is -0.380 e. The van der Waals surface area contributed by atoms with E-state index in [1.807, 2.05) is 48.5 Å². The van der Waals surface area contributed by atoms with Crippen LogP contribution < -0.4 is 5.32 Å². The molecule has 0 saturated heterocycles. The number of methoxy groups -OCH3 is 1. The van der Waals surface area contributed by atoms with E-state index in [2.05, 4.69) is 35.9 Å². The largest absolute Gasteiger partial charge is 0.380 e. The molecule has 0 atom stereocenters. The Balaban J connectivity index is 1.72. The zero-order chi connectivity index (χ0) is 17.8. The first kappa shape index (κ1) is 17.0. The van der Waals surface area contributed by atoms with Gasteiger partial charge >= 0.3 is 0 Å². The summed E-state index contributed by atoms with van der Waals surface area (Å²) in [6, 6.07) is 19.5. The fraction of sp³-hybridized carbons (Fsp3) is 0.190. The highest BCUT2D eigenvalue weighted by molar-refractivity contribution is 6.04. The number of nitrogens with one attached hydrogen (secondary N) is 1. The number of anilines is 1. The van der Waals surface area contributed by atoms with Gasteiger partial charge < -0.3 is 14.6 Å². The Labute approximate surface area is 148 Å². The molecule has 0 radical (unpaired) electrons. The molecule has 0 bridgehead atoms. The van der Waals surface area contributed by atoms with E-state index in [0.29, 0.717) is 12.2 Å². The van der Waals surface area contributed by atoms with Crippen molar-refractivity contribution >= 4 is 11.6 Å². The molecule has 4 heteroatoms. The minimum absolute atomic E-state index is 0.120. The van der Waals surface area contributed by atoms with E-state index in [1.54, 1.807) is 7.11 Å². The smallest absolute Gasteiger partial charge is 0.255 e. The van der Waals surface area contributed by atoms with E-state index in [1.165, 1.54) is 11.4 Å². The zero-order valence-electron chi connectivity index (χ0n) is 14.7. The maximum absolute atomic E-state index is 12.4. The summed E-state index contributed by atoms with van der Waals surface area (Å²) >= 11 is 0. The molecule has 3 rings (SSSR count). The summed E-state index contributed by atoms with van der Waals surface area (Å²) in [5.74, 6) is -0.120. The number of amides is 1. The maximum atomic E-state index is 12.4. The van der Waals surface area contributed by atoms with E-state index in [4.69, 9.17) is 4.74 Å². The number of carbonyl (C=O) groups is 1. The Morgan fingerprint density at radius 3 is 2.08 bits per heavy atom. The number of aromatic nitrogens is 1. The van der Waals surface area contributed by atoms with Gasteiger partial charge in [0.1, 0.15) is 0 Å². The fourth-order valence-electron chi connectivity index (χ4n) is 2.89. The van der Waals surface area contributed by atoms with Crippen LogP contribution in [0.15, 0.2) is 60.7 Å². The van der Waals surface area contributed by atoms with Crippen molar-refractivity contribution in [1.82, 2.24) is 4.57 Å². The van der Waals surface area contributed by atoms with Gasteiger partial charge in [-0.15, -0.1) is 0 Å². The van der Waals surface area contributed by atoms with Gasteiger partial charge in [-0.1, -0.05) is 12.1 Å². The van der Waals surface area contributed by atoms with Gasteiger partial charge in [-0.3, -0.25) is 4.79 Å². The lowest BCUT2D eigenvalue weighted by Crippen LogP contribution is -2.12. The van der Waals surface area contributed by atoms with Gasteiger partial charge in [0.2, 0.25) is 0 Å². The Bertz CT molecular complexity index is 842. The second-order valence-electron chi connectivity index (χ2n) is 6.08. The molecule has 3 aromatic rings. The molecule has 2 aromatic carbocycles. The number of ether oxygens (including phenoxy) is 1. The van der Waals surface area contributed by atoms with Crippen LogP contribution >= 0.6 is 0 Å². The normalized spacial score (nSPS) is 10.7. The lowest BCUT2D eigenvalue weighted by atomic mass is 10.1. The first-order valence-corrected chi connectivity index (χ1v) is 8.23. The molecule has 0 aliphatic rings. The van der Waals surface area contributed by atoms with Crippen molar-refractivity contribution in [2.24, 2.45) is 0 Å². The number of rotatable bonds is 5. The molecule has 0 aliphatic carbocycles. The molecule has 25 heavy (non-hydrogen) atoms. The molecule has 0 fully saturated rings. The Morgan fingerprint density at radius 2 is 1.52 bits per heavy atom. The van der Waals surface area contributed by atoms with Crippen LogP contribution in [0.3, 0.4) is 0 Å². The lowest BCUT2D eigenvalue weighted by molar-refractivity contribution is 0.102. The molecule has 1 amide bonds.